The molecule has 0 amide bonds. The summed E-state index contributed by atoms with van der Waals surface area (Å²) >= 11 is 5.93. The highest BCUT2D eigenvalue weighted by molar-refractivity contribution is 7.87. The second kappa shape index (κ2) is 9.46. The van der Waals surface area contributed by atoms with Crippen LogP contribution in [0.2, 0.25) is 5.15 Å². The van der Waals surface area contributed by atoms with E-state index in [1.807, 2.05) is 13.8 Å². The van der Waals surface area contributed by atoms with Crippen molar-refractivity contribution < 1.29 is 25.2 Å². The minimum absolute atomic E-state index is 0.000114. The number of nitrogens with zero attached hydrogens (tertiary/aromatic N) is 1. The summed E-state index contributed by atoms with van der Waals surface area (Å²) in [7, 11) is -8.05. The van der Waals surface area contributed by atoms with Gasteiger partial charge in [-0.2, -0.15) is 16.8 Å². The Kier molecular flexibility index (Phi) is 7.13. The second-order valence-corrected chi connectivity index (χ2v) is 10.4. The van der Waals surface area contributed by atoms with Crippen LogP contribution < -0.4 is 0 Å². The summed E-state index contributed by atoms with van der Waals surface area (Å²) in [5.41, 5.74) is 2.31. The molecule has 1 heterocycles. The van der Waals surface area contributed by atoms with Crippen molar-refractivity contribution in [2.24, 2.45) is 0 Å². The van der Waals surface area contributed by atoms with Crippen molar-refractivity contribution in [1.82, 2.24) is 4.98 Å². The Balaban J connectivity index is 1.76. The summed E-state index contributed by atoms with van der Waals surface area (Å²) in [4.78, 5) is 4.08. The molecule has 0 unspecified atom stereocenters. The monoisotopic (exact) mass is 481 g/mol. The third kappa shape index (κ3) is 6.11. The largest absolute Gasteiger partial charge is 0.297 e. The van der Waals surface area contributed by atoms with E-state index in [0.29, 0.717) is 5.56 Å². The summed E-state index contributed by atoms with van der Waals surface area (Å²) in [6, 6.07) is 15.4. The van der Waals surface area contributed by atoms with Crippen LogP contribution in [-0.4, -0.2) is 21.8 Å². The second-order valence-electron chi connectivity index (χ2n) is 6.80. The molecule has 0 atom stereocenters. The van der Waals surface area contributed by atoms with Crippen molar-refractivity contribution in [3.8, 4) is 0 Å². The molecule has 7 nitrogen and oxygen atoms in total. The van der Waals surface area contributed by atoms with E-state index in [9.17, 15) is 16.8 Å². The van der Waals surface area contributed by atoms with E-state index < -0.39 is 26.8 Å². The van der Waals surface area contributed by atoms with Crippen molar-refractivity contribution in [2.45, 2.75) is 36.9 Å². The summed E-state index contributed by atoms with van der Waals surface area (Å²) in [6.45, 7) is 2.89. The van der Waals surface area contributed by atoms with Crippen LogP contribution in [0.15, 0.2) is 70.5 Å². The average Bonchev–Trinajstić information content (AvgIpc) is 2.72. The summed E-state index contributed by atoms with van der Waals surface area (Å²) in [5, 5.41) is 0.108. The van der Waals surface area contributed by atoms with Gasteiger partial charge in [0.1, 0.15) is 11.8 Å². The van der Waals surface area contributed by atoms with Crippen LogP contribution in [0.5, 0.6) is 0 Å². The molecule has 0 fully saturated rings. The lowest BCUT2D eigenvalue weighted by Crippen LogP contribution is -2.11. The molecule has 10 heteroatoms. The highest BCUT2D eigenvalue weighted by atomic mass is 35.5. The predicted octanol–water partition coefficient (Wildman–Crippen LogP) is 4.16. The molecule has 0 radical (unpaired) electrons. The molecule has 31 heavy (non-hydrogen) atoms. The SMILES string of the molecule is Cc1ccc(S(=O)(=O)OCc2ccc(Cl)nc2COS(=O)(=O)c2ccc(C)cc2)cc1. The number of benzene rings is 2. The Hall–Kier alpha value is -2.30. The standard InChI is InChI=1S/C21H20ClNO6S2/c1-15-3-8-18(9-4-15)30(24,25)28-13-17-7-12-21(22)23-20(17)14-29-31(26,27)19-10-5-16(2)6-11-19/h3-12H,13-14H2,1-2H3. The molecule has 3 aromatic rings. The minimum atomic E-state index is -4.04. The molecule has 1 aromatic heterocycles. The molecule has 0 bridgehead atoms. The Morgan fingerprint density at radius 2 is 1.16 bits per heavy atom. The maximum absolute atomic E-state index is 12.4. The maximum atomic E-state index is 12.4. The van der Waals surface area contributed by atoms with Crippen LogP contribution in [0.3, 0.4) is 0 Å². The fourth-order valence-corrected chi connectivity index (χ4v) is 4.51. The number of aryl methyl sites for hydroxylation is 2. The van der Waals surface area contributed by atoms with Gasteiger partial charge < -0.3 is 0 Å². The zero-order valence-electron chi connectivity index (χ0n) is 16.8. The third-order valence-electron chi connectivity index (χ3n) is 4.37. The molecule has 0 spiro atoms. The Bertz CT molecular complexity index is 1270. The van der Waals surface area contributed by atoms with Crippen LogP contribution in [0.1, 0.15) is 22.4 Å². The normalized spacial score (nSPS) is 12.1. The topological polar surface area (TPSA) is 99.6 Å². The molecule has 0 aliphatic rings. The molecule has 0 saturated carbocycles. The molecule has 0 aliphatic heterocycles. The average molecular weight is 482 g/mol. The summed E-state index contributed by atoms with van der Waals surface area (Å²) < 4.78 is 60.0. The number of rotatable bonds is 8. The molecule has 164 valence electrons. The van der Waals surface area contributed by atoms with E-state index in [1.54, 1.807) is 24.3 Å². The van der Waals surface area contributed by atoms with Gasteiger partial charge in [-0.25, -0.2) is 4.98 Å². The van der Waals surface area contributed by atoms with Crippen molar-refractivity contribution in [3.63, 3.8) is 0 Å². The fourth-order valence-electron chi connectivity index (χ4n) is 2.58. The number of pyridine rings is 1. The van der Waals surface area contributed by atoms with E-state index in [-0.39, 0.29) is 27.2 Å². The lowest BCUT2D eigenvalue weighted by Gasteiger charge is -2.11. The van der Waals surface area contributed by atoms with Gasteiger partial charge in [-0.1, -0.05) is 53.1 Å². The van der Waals surface area contributed by atoms with Gasteiger partial charge in [-0.3, -0.25) is 8.37 Å². The van der Waals surface area contributed by atoms with Crippen LogP contribution in [0.4, 0.5) is 0 Å². The first kappa shape index (κ1) is 23.4. The van der Waals surface area contributed by atoms with E-state index in [1.165, 1.54) is 36.4 Å². The quantitative estimate of drug-likeness (QED) is 0.351. The van der Waals surface area contributed by atoms with Gasteiger partial charge in [-0.15, -0.1) is 0 Å². The number of halogens is 1. The van der Waals surface area contributed by atoms with Gasteiger partial charge in [0.05, 0.1) is 22.1 Å². The van der Waals surface area contributed by atoms with Crippen LogP contribution in [-0.2, 0) is 41.8 Å². The van der Waals surface area contributed by atoms with Gasteiger partial charge in [0.15, 0.2) is 0 Å². The number of hydrogen-bond donors (Lipinski definition) is 0. The maximum Gasteiger partial charge on any atom is 0.297 e. The fraction of sp³-hybridized carbons (Fsp3) is 0.190. The molecule has 3 rings (SSSR count). The first-order valence-electron chi connectivity index (χ1n) is 9.13. The Labute approximate surface area is 186 Å². The number of aromatic nitrogens is 1. The minimum Gasteiger partial charge on any atom is -0.261 e. The van der Waals surface area contributed by atoms with Crippen LogP contribution in [0.25, 0.3) is 0 Å². The first-order valence-corrected chi connectivity index (χ1v) is 12.3. The highest BCUT2D eigenvalue weighted by Crippen LogP contribution is 2.21. The van der Waals surface area contributed by atoms with Gasteiger partial charge >= 0.3 is 0 Å². The van der Waals surface area contributed by atoms with Crippen molar-refractivity contribution in [1.29, 1.82) is 0 Å². The first-order chi connectivity index (χ1) is 14.6. The molecular formula is C21H20ClNO6S2. The summed E-state index contributed by atoms with van der Waals surface area (Å²) in [6.07, 6.45) is 0. The van der Waals surface area contributed by atoms with E-state index in [2.05, 4.69) is 4.98 Å². The molecule has 0 aliphatic carbocycles. The summed E-state index contributed by atoms with van der Waals surface area (Å²) in [5.74, 6) is 0. The molecule has 2 aromatic carbocycles. The van der Waals surface area contributed by atoms with Crippen LogP contribution >= 0.6 is 11.6 Å². The van der Waals surface area contributed by atoms with Crippen molar-refractivity contribution >= 4 is 31.8 Å². The predicted molar refractivity (Wildman–Crippen MR) is 116 cm³/mol. The van der Waals surface area contributed by atoms with E-state index in [4.69, 9.17) is 20.0 Å². The molecule has 0 saturated heterocycles. The van der Waals surface area contributed by atoms with Gasteiger partial charge in [0.25, 0.3) is 20.2 Å². The van der Waals surface area contributed by atoms with Crippen LogP contribution in [0, 0.1) is 13.8 Å². The van der Waals surface area contributed by atoms with Gasteiger partial charge in [0, 0.05) is 5.56 Å². The Morgan fingerprint density at radius 3 is 1.65 bits per heavy atom. The molecular weight excluding hydrogens is 462 g/mol. The zero-order chi connectivity index (χ0) is 22.6. The number of hydrogen-bond acceptors (Lipinski definition) is 7. The highest BCUT2D eigenvalue weighted by Gasteiger charge is 2.19. The Morgan fingerprint density at radius 1 is 0.710 bits per heavy atom. The van der Waals surface area contributed by atoms with Gasteiger partial charge in [-0.05, 0) is 44.2 Å². The third-order valence-corrected chi connectivity index (χ3v) is 7.14. The van der Waals surface area contributed by atoms with Gasteiger partial charge in [0.2, 0.25) is 0 Å². The lowest BCUT2D eigenvalue weighted by atomic mass is 10.2. The zero-order valence-corrected chi connectivity index (χ0v) is 19.2. The molecule has 0 N–H and O–H groups in total. The van der Waals surface area contributed by atoms with E-state index >= 15 is 0 Å². The lowest BCUT2D eigenvalue weighted by molar-refractivity contribution is 0.284. The van der Waals surface area contributed by atoms with Crippen molar-refractivity contribution in [3.05, 3.63) is 88.2 Å². The van der Waals surface area contributed by atoms with Crippen molar-refractivity contribution in [2.75, 3.05) is 0 Å². The van der Waals surface area contributed by atoms with E-state index in [0.717, 1.165) is 11.1 Å². The smallest absolute Gasteiger partial charge is 0.261 e.